The normalized spacial score (nSPS) is 22.2. The van der Waals surface area contributed by atoms with E-state index in [4.69, 9.17) is 14.2 Å². The number of aromatic nitrogens is 3. The number of pyridine rings is 1. The molecule has 3 fully saturated rings. The van der Waals surface area contributed by atoms with Gasteiger partial charge in [0.2, 0.25) is 0 Å². The smallest absolute Gasteiger partial charge is 0.406 e. The lowest BCUT2D eigenvalue weighted by Crippen LogP contribution is -2.45. The Balaban J connectivity index is 1.09. The number of alkyl halides is 3. The molecule has 3 aromatic rings. The maximum absolute atomic E-state index is 13.0. The number of piperidine rings is 1. The Hall–Kier alpha value is -3.62. The highest BCUT2D eigenvalue weighted by atomic mass is 19.4. The summed E-state index contributed by atoms with van der Waals surface area (Å²) < 4.78 is 60.5. The summed E-state index contributed by atoms with van der Waals surface area (Å²) >= 11 is 0. The molecule has 0 spiro atoms. The fourth-order valence-corrected chi connectivity index (χ4v) is 5.95. The fraction of sp³-hybridized carbons (Fsp3) is 0.552. The van der Waals surface area contributed by atoms with Crippen molar-refractivity contribution in [3.05, 3.63) is 52.6 Å². The Kier molecular flexibility index (Phi) is 8.59. The van der Waals surface area contributed by atoms with Crippen molar-refractivity contribution in [2.45, 2.75) is 56.9 Å². The highest BCUT2D eigenvalue weighted by molar-refractivity contribution is 5.94. The topological polar surface area (TPSA) is 111 Å². The lowest BCUT2D eigenvalue weighted by atomic mass is 10.0. The zero-order valence-corrected chi connectivity index (χ0v) is 23.6. The van der Waals surface area contributed by atoms with E-state index in [1.165, 1.54) is 12.1 Å². The quantitative estimate of drug-likeness (QED) is 0.433. The van der Waals surface area contributed by atoms with Crippen LogP contribution in [-0.4, -0.2) is 90.1 Å². The Bertz CT molecular complexity index is 1460. The number of anilines is 1. The fourth-order valence-electron chi connectivity index (χ4n) is 5.95. The molecule has 1 N–H and O–H groups in total. The number of hydrogen-bond donors (Lipinski definition) is 1. The van der Waals surface area contributed by atoms with Gasteiger partial charge in [-0.05, 0) is 62.4 Å². The first kappa shape index (κ1) is 29.5. The van der Waals surface area contributed by atoms with E-state index in [2.05, 4.69) is 19.6 Å². The Labute approximate surface area is 245 Å². The van der Waals surface area contributed by atoms with Gasteiger partial charge in [0.25, 0.3) is 5.91 Å². The van der Waals surface area contributed by atoms with Gasteiger partial charge in [0.15, 0.2) is 11.9 Å². The minimum atomic E-state index is -4.80. The summed E-state index contributed by atoms with van der Waals surface area (Å²) in [7, 11) is 0. The van der Waals surface area contributed by atoms with Crippen molar-refractivity contribution in [2.24, 2.45) is 0 Å². The van der Waals surface area contributed by atoms with E-state index >= 15 is 0 Å². The van der Waals surface area contributed by atoms with Gasteiger partial charge >= 0.3 is 12.1 Å². The Morgan fingerprint density at radius 1 is 1.05 bits per heavy atom. The summed E-state index contributed by atoms with van der Waals surface area (Å²) in [5.41, 5.74) is 2.09. The van der Waals surface area contributed by atoms with Crippen molar-refractivity contribution in [1.29, 1.82) is 0 Å². The van der Waals surface area contributed by atoms with Crippen LogP contribution in [0.15, 0.2) is 41.3 Å². The third-order valence-corrected chi connectivity index (χ3v) is 8.12. The van der Waals surface area contributed by atoms with Gasteiger partial charge in [-0.25, -0.2) is 9.78 Å². The van der Waals surface area contributed by atoms with Crippen molar-refractivity contribution < 1.29 is 36.9 Å². The van der Waals surface area contributed by atoms with Crippen LogP contribution in [0.4, 0.5) is 18.9 Å². The number of imidazole rings is 1. The van der Waals surface area contributed by atoms with Crippen LogP contribution in [0.1, 0.15) is 48.5 Å². The van der Waals surface area contributed by atoms with Crippen LogP contribution in [0.5, 0.6) is 5.75 Å². The van der Waals surface area contributed by atoms with Gasteiger partial charge in [0, 0.05) is 44.4 Å². The van der Waals surface area contributed by atoms with E-state index in [0.29, 0.717) is 63.4 Å². The van der Waals surface area contributed by atoms with Gasteiger partial charge < -0.3 is 28.7 Å². The molecule has 232 valence electrons. The van der Waals surface area contributed by atoms with Crippen LogP contribution in [-0.2, 0) is 14.2 Å². The molecule has 14 heteroatoms. The number of carbonyl (C=O) groups excluding carboxylic acids is 1. The molecular formula is C29H34F3N5O6. The van der Waals surface area contributed by atoms with Crippen LogP contribution < -0.4 is 15.3 Å². The number of nitrogens with one attached hydrogen (secondary N) is 1. The maximum atomic E-state index is 13.0. The second kappa shape index (κ2) is 12.5. The molecule has 11 nitrogen and oxygen atoms in total. The molecule has 3 aliphatic heterocycles. The molecule has 6 rings (SSSR count). The van der Waals surface area contributed by atoms with Gasteiger partial charge in [-0.15, -0.1) is 13.2 Å². The third kappa shape index (κ3) is 6.97. The summed E-state index contributed by atoms with van der Waals surface area (Å²) in [6, 6.07) is 6.70. The molecule has 3 saturated heterocycles. The van der Waals surface area contributed by atoms with E-state index in [9.17, 15) is 22.8 Å². The lowest BCUT2D eigenvalue weighted by Gasteiger charge is -2.35. The number of fused-ring (bicyclic) bond motifs is 1. The average Bonchev–Trinajstić information content (AvgIpc) is 3.35. The number of halogens is 3. The second-order valence-electron chi connectivity index (χ2n) is 11.0. The van der Waals surface area contributed by atoms with E-state index in [-0.39, 0.29) is 41.3 Å². The van der Waals surface area contributed by atoms with Crippen LogP contribution in [0.25, 0.3) is 11.2 Å². The molecule has 3 aliphatic rings. The first-order valence-corrected chi connectivity index (χ1v) is 14.6. The highest BCUT2D eigenvalue weighted by Gasteiger charge is 2.32. The molecule has 0 aliphatic carbocycles. The summed E-state index contributed by atoms with van der Waals surface area (Å²) in [4.78, 5) is 37.2. The number of morpholine rings is 1. The number of ether oxygens (including phenoxy) is 4. The SMILES string of the molecule is O=C(c1ccc(OC(F)(F)F)cc1)N1CCC(n2c(=O)[nH]c3ncc(N4CCO[C@@H](COC5CCCCO5)C4)cc32)CC1. The standard InChI is InChI=1S/C29H34F3N5O6/c30-29(31,32)43-22-6-4-19(5-7-22)27(38)35-10-8-20(9-11-35)37-24-15-21(16-33-26(24)34-28(37)39)36-12-14-40-23(17-36)18-42-25-3-1-2-13-41-25/h4-7,15-16,20,23,25H,1-3,8-14,17-18H2,(H,33,34,39)/t23-,25?/m1/s1. The maximum Gasteiger partial charge on any atom is 0.573 e. The van der Waals surface area contributed by atoms with Crippen molar-refractivity contribution >= 4 is 22.8 Å². The van der Waals surface area contributed by atoms with Crippen molar-refractivity contribution in [2.75, 3.05) is 50.9 Å². The van der Waals surface area contributed by atoms with E-state index in [1.54, 1.807) is 15.7 Å². The third-order valence-electron chi connectivity index (χ3n) is 8.12. The zero-order chi connectivity index (χ0) is 30.0. The summed E-state index contributed by atoms with van der Waals surface area (Å²) in [5.74, 6) is -0.669. The van der Waals surface area contributed by atoms with Crippen molar-refractivity contribution in [3.63, 3.8) is 0 Å². The number of rotatable bonds is 7. The number of H-pyrrole nitrogens is 1. The molecule has 0 bridgehead atoms. The number of carbonyl (C=O) groups is 1. The predicted octanol–water partition coefficient (Wildman–Crippen LogP) is 3.85. The Morgan fingerprint density at radius 2 is 1.84 bits per heavy atom. The highest BCUT2D eigenvalue weighted by Crippen LogP contribution is 2.29. The molecular weight excluding hydrogens is 571 g/mol. The van der Waals surface area contributed by atoms with Gasteiger partial charge in [-0.1, -0.05) is 0 Å². The van der Waals surface area contributed by atoms with Gasteiger partial charge in [0.1, 0.15) is 5.75 Å². The van der Waals surface area contributed by atoms with Crippen LogP contribution in [0, 0.1) is 0 Å². The van der Waals surface area contributed by atoms with Gasteiger partial charge in [-0.3, -0.25) is 14.3 Å². The number of likely N-dealkylation sites (tertiary alicyclic amines) is 1. The predicted molar refractivity (Wildman–Crippen MR) is 149 cm³/mol. The number of amides is 1. The average molecular weight is 606 g/mol. The van der Waals surface area contributed by atoms with Crippen LogP contribution >= 0.6 is 0 Å². The first-order valence-electron chi connectivity index (χ1n) is 14.6. The molecule has 1 unspecified atom stereocenters. The number of hydrogen-bond acceptors (Lipinski definition) is 8. The first-order chi connectivity index (χ1) is 20.7. The Morgan fingerprint density at radius 3 is 2.56 bits per heavy atom. The molecule has 0 saturated carbocycles. The molecule has 43 heavy (non-hydrogen) atoms. The van der Waals surface area contributed by atoms with E-state index in [0.717, 1.165) is 43.7 Å². The monoisotopic (exact) mass is 605 g/mol. The van der Waals surface area contributed by atoms with Crippen molar-refractivity contribution in [1.82, 2.24) is 19.4 Å². The number of benzene rings is 1. The van der Waals surface area contributed by atoms with Gasteiger partial charge in [0.05, 0.1) is 36.7 Å². The minimum Gasteiger partial charge on any atom is -0.406 e. The minimum absolute atomic E-state index is 0.112. The molecule has 2 atom stereocenters. The molecule has 2 aromatic heterocycles. The summed E-state index contributed by atoms with van der Waals surface area (Å²) in [6.07, 6.45) is 0.792. The van der Waals surface area contributed by atoms with E-state index < -0.39 is 6.36 Å². The summed E-state index contributed by atoms with van der Waals surface area (Å²) in [5, 5.41) is 0. The van der Waals surface area contributed by atoms with Gasteiger partial charge in [-0.2, -0.15) is 0 Å². The molecule has 5 heterocycles. The number of nitrogens with zero attached hydrogens (tertiary/aromatic N) is 4. The number of aromatic amines is 1. The largest absolute Gasteiger partial charge is 0.573 e. The molecule has 0 radical (unpaired) electrons. The molecule has 1 amide bonds. The van der Waals surface area contributed by atoms with E-state index in [1.807, 2.05) is 6.07 Å². The zero-order valence-electron chi connectivity index (χ0n) is 23.6. The summed E-state index contributed by atoms with van der Waals surface area (Å²) in [6.45, 7) is 3.80. The lowest BCUT2D eigenvalue weighted by molar-refractivity contribution is -0.274. The van der Waals surface area contributed by atoms with Crippen molar-refractivity contribution in [3.8, 4) is 5.75 Å². The van der Waals surface area contributed by atoms with Crippen LogP contribution in [0.3, 0.4) is 0 Å². The second-order valence-corrected chi connectivity index (χ2v) is 11.0. The van der Waals surface area contributed by atoms with Crippen LogP contribution in [0.2, 0.25) is 0 Å². The molecule has 1 aromatic carbocycles.